The highest BCUT2D eigenvalue weighted by atomic mass is 32.2. The zero-order chi connectivity index (χ0) is 22.0. The van der Waals surface area contributed by atoms with Gasteiger partial charge in [-0.3, -0.25) is 4.79 Å². The number of sulfonamides is 1. The van der Waals surface area contributed by atoms with Crippen molar-refractivity contribution in [2.45, 2.75) is 52.0 Å². The van der Waals surface area contributed by atoms with Crippen LogP contribution >= 0.6 is 0 Å². The van der Waals surface area contributed by atoms with Crippen LogP contribution in [0.5, 0.6) is 0 Å². The summed E-state index contributed by atoms with van der Waals surface area (Å²) in [6.45, 7) is 13.2. The number of carbonyl (C=O) groups excluding carboxylic acids is 1. The second-order valence-corrected chi connectivity index (χ2v) is 10.5. The molecule has 1 aliphatic heterocycles. The molecule has 0 saturated carbocycles. The first kappa shape index (κ1) is 23.3. The second kappa shape index (κ2) is 8.82. The lowest BCUT2D eigenvalue weighted by Crippen LogP contribution is -3.16. The lowest BCUT2D eigenvalue weighted by molar-refractivity contribution is -0.895. The number of amides is 1. The van der Waals surface area contributed by atoms with Crippen molar-refractivity contribution >= 4 is 15.9 Å². The summed E-state index contributed by atoms with van der Waals surface area (Å²) in [4.78, 5) is 13.8. The highest BCUT2D eigenvalue weighted by molar-refractivity contribution is 7.89. The maximum absolute atomic E-state index is 13.2. The summed E-state index contributed by atoms with van der Waals surface area (Å²) in [6.07, 6.45) is 0. The van der Waals surface area contributed by atoms with Crippen LogP contribution in [0.15, 0.2) is 17.0 Å². The first-order valence-electron chi connectivity index (χ1n) is 10.0. The summed E-state index contributed by atoms with van der Waals surface area (Å²) in [5.41, 5.74) is 1.68. The van der Waals surface area contributed by atoms with Gasteiger partial charge in [-0.25, -0.2) is 8.42 Å². The molecule has 1 heterocycles. The number of nitrogens with one attached hydrogen (secondary N) is 2. The molecular weight excluding hydrogens is 388 g/mol. The van der Waals surface area contributed by atoms with Crippen molar-refractivity contribution < 1.29 is 18.1 Å². The topological polar surface area (TPSA) is 94.7 Å². The maximum atomic E-state index is 13.2. The van der Waals surface area contributed by atoms with Gasteiger partial charge in [-0.2, -0.15) is 9.57 Å². The molecule has 160 valence electrons. The normalized spacial score (nSPS) is 18.3. The Balaban J connectivity index is 2.02. The van der Waals surface area contributed by atoms with E-state index in [9.17, 15) is 18.5 Å². The summed E-state index contributed by atoms with van der Waals surface area (Å²) in [5, 5.41) is 12.2. The highest BCUT2D eigenvalue weighted by Gasteiger charge is 2.35. The van der Waals surface area contributed by atoms with Crippen LogP contribution in [-0.4, -0.2) is 56.9 Å². The van der Waals surface area contributed by atoms with E-state index in [-0.39, 0.29) is 18.4 Å². The standard InChI is InChI=1S/C21H32N4O3S/c1-15(2)21(6,14-22)23-19(26)13-24-7-9-25(10-8-24)29(27,28)20-17(4)11-16(3)12-18(20)5/h11-12,15H,7-10,13H2,1-6H3,(H,23,26)/p+1/t21-/m0/s1. The number of piperazine rings is 1. The smallest absolute Gasteiger partial charge is 0.276 e. The van der Waals surface area contributed by atoms with Gasteiger partial charge in [0.05, 0.1) is 37.1 Å². The van der Waals surface area contributed by atoms with Crippen LogP contribution in [0, 0.1) is 38.0 Å². The summed E-state index contributed by atoms with van der Waals surface area (Å²) in [5.74, 6) is -0.186. The molecule has 1 fully saturated rings. The van der Waals surface area contributed by atoms with Gasteiger partial charge in [-0.05, 0) is 44.7 Å². The van der Waals surface area contributed by atoms with Gasteiger partial charge >= 0.3 is 0 Å². The second-order valence-electron chi connectivity index (χ2n) is 8.58. The molecule has 1 atom stereocenters. The molecule has 1 saturated heterocycles. The van der Waals surface area contributed by atoms with Gasteiger partial charge in [0.25, 0.3) is 5.91 Å². The Morgan fingerprint density at radius 1 is 1.24 bits per heavy atom. The van der Waals surface area contributed by atoms with E-state index in [1.807, 2.05) is 46.8 Å². The summed E-state index contributed by atoms with van der Waals surface area (Å²) >= 11 is 0. The SMILES string of the molecule is Cc1cc(C)c(S(=O)(=O)N2CC[NH+](CC(=O)N[C@@](C)(C#N)C(C)C)CC2)c(C)c1. The van der Waals surface area contributed by atoms with E-state index in [0.29, 0.717) is 31.1 Å². The van der Waals surface area contributed by atoms with Gasteiger partial charge in [0.1, 0.15) is 5.54 Å². The third-order valence-electron chi connectivity index (χ3n) is 5.83. The summed E-state index contributed by atoms with van der Waals surface area (Å²) in [6, 6.07) is 5.97. The Kier molecular flexibility index (Phi) is 7.10. The molecule has 2 rings (SSSR count). The van der Waals surface area contributed by atoms with E-state index >= 15 is 0 Å². The van der Waals surface area contributed by atoms with Gasteiger partial charge in [0.2, 0.25) is 10.0 Å². The highest BCUT2D eigenvalue weighted by Crippen LogP contribution is 2.25. The Labute approximate surface area is 174 Å². The Morgan fingerprint density at radius 2 is 1.76 bits per heavy atom. The number of hydrogen-bond acceptors (Lipinski definition) is 4. The Morgan fingerprint density at radius 3 is 2.21 bits per heavy atom. The molecule has 0 unspecified atom stereocenters. The number of carbonyl (C=O) groups is 1. The molecule has 1 amide bonds. The Hall–Kier alpha value is -1.95. The van der Waals surface area contributed by atoms with E-state index in [0.717, 1.165) is 21.6 Å². The van der Waals surface area contributed by atoms with Crippen LogP contribution < -0.4 is 10.2 Å². The number of quaternary nitrogens is 1. The molecule has 1 aliphatic rings. The fraction of sp³-hybridized carbons (Fsp3) is 0.619. The number of benzene rings is 1. The van der Waals surface area contributed by atoms with Crippen molar-refractivity contribution in [2.75, 3.05) is 32.7 Å². The molecular formula is C21H33N4O3S+. The van der Waals surface area contributed by atoms with Crippen molar-refractivity contribution in [3.63, 3.8) is 0 Å². The molecule has 8 heteroatoms. The van der Waals surface area contributed by atoms with Gasteiger partial charge < -0.3 is 10.2 Å². The fourth-order valence-electron chi connectivity index (χ4n) is 3.78. The van der Waals surface area contributed by atoms with E-state index in [1.165, 1.54) is 4.31 Å². The van der Waals surface area contributed by atoms with E-state index in [1.54, 1.807) is 6.92 Å². The van der Waals surface area contributed by atoms with Gasteiger partial charge in [0.15, 0.2) is 6.54 Å². The fourth-order valence-corrected chi connectivity index (χ4v) is 5.64. The zero-order valence-corrected chi connectivity index (χ0v) is 19.1. The van der Waals surface area contributed by atoms with Crippen LogP contribution in [0.3, 0.4) is 0 Å². The molecule has 29 heavy (non-hydrogen) atoms. The molecule has 0 aromatic heterocycles. The quantitative estimate of drug-likeness (QED) is 0.702. The predicted octanol–water partition coefficient (Wildman–Crippen LogP) is 0.556. The Bertz CT molecular complexity index is 889. The lowest BCUT2D eigenvalue weighted by atomic mass is 9.90. The lowest BCUT2D eigenvalue weighted by Gasteiger charge is -2.33. The minimum Gasteiger partial charge on any atom is -0.333 e. The van der Waals surface area contributed by atoms with Crippen LogP contribution in [0.1, 0.15) is 37.5 Å². The van der Waals surface area contributed by atoms with Crippen molar-refractivity contribution in [2.24, 2.45) is 5.92 Å². The summed E-state index contributed by atoms with van der Waals surface area (Å²) < 4.78 is 27.9. The average Bonchev–Trinajstić information content (AvgIpc) is 2.60. The average molecular weight is 422 g/mol. The van der Waals surface area contributed by atoms with Crippen LogP contribution in [0.2, 0.25) is 0 Å². The number of nitriles is 1. The van der Waals surface area contributed by atoms with E-state index < -0.39 is 15.6 Å². The van der Waals surface area contributed by atoms with Crippen molar-refractivity contribution in [1.82, 2.24) is 9.62 Å². The third kappa shape index (κ3) is 5.16. The first-order valence-corrected chi connectivity index (χ1v) is 11.5. The minimum atomic E-state index is -3.56. The number of nitrogens with zero attached hydrogens (tertiary/aromatic N) is 2. The molecule has 0 radical (unpaired) electrons. The largest absolute Gasteiger partial charge is 0.333 e. The molecule has 2 N–H and O–H groups in total. The summed E-state index contributed by atoms with van der Waals surface area (Å²) in [7, 11) is -3.56. The molecule has 0 bridgehead atoms. The van der Waals surface area contributed by atoms with Crippen molar-refractivity contribution in [1.29, 1.82) is 5.26 Å². The number of aryl methyl sites for hydroxylation is 3. The third-order valence-corrected chi connectivity index (χ3v) is 8.03. The monoisotopic (exact) mass is 421 g/mol. The molecule has 1 aromatic carbocycles. The van der Waals surface area contributed by atoms with Gasteiger partial charge in [-0.1, -0.05) is 31.5 Å². The predicted molar refractivity (Wildman–Crippen MR) is 112 cm³/mol. The molecule has 0 aliphatic carbocycles. The van der Waals surface area contributed by atoms with Crippen LogP contribution in [-0.2, 0) is 14.8 Å². The van der Waals surface area contributed by atoms with E-state index in [2.05, 4.69) is 11.4 Å². The van der Waals surface area contributed by atoms with Gasteiger partial charge in [0, 0.05) is 0 Å². The van der Waals surface area contributed by atoms with Crippen molar-refractivity contribution in [3.8, 4) is 6.07 Å². The van der Waals surface area contributed by atoms with E-state index in [4.69, 9.17) is 0 Å². The van der Waals surface area contributed by atoms with Gasteiger partial charge in [-0.15, -0.1) is 0 Å². The zero-order valence-electron chi connectivity index (χ0n) is 18.3. The number of rotatable bonds is 6. The first-order chi connectivity index (χ1) is 13.4. The number of hydrogen-bond donors (Lipinski definition) is 2. The van der Waals surface area contributed by atoms with Crippen LogP contribution in [0.4, 0.5) is 0 Å². The molecule has 1 aromatic rings. The maximum Gasteiger partial charge on any atom is 0.276 e. The van der Waals surface area contributed by atoms with Crippen LogP contribution in [0.25, 0.3) is 0 Å². The molecule has 0 spiro atoms. The molecule has 7 nitrogen and oxygen atoms in total. The van der Waals surface area contributed by atoms with Crippen molar-refractivity contribution in [3.05, 3.63) is 28.8 Å². The minimum absolute atomic E-state index is 0.00516.